The van der Waals surface area contributed by atoms with Crippen LogP contribution in [0.25, 0.3) is 11.0 Å². The van der Waals surface area contributed by atoms with E-state index in [2.05, 4.69) is 30.8 Å². The van der Waals surface area contributed by atoms with Crippen molar-refractivity contribution in [2.24, 2.45) is 5.92 Å². The van der Waals surface area contributed by atoms with E-state index in [0.717, 1.165) is 31.1 Å². The van der Waals surface area contributed by atoms with Crippen LogP contribution in [0.3, 0.4) is 0 Å². The summed E-state index contributed by atoms with van der Waals surface area (Å²) in [5.41, 5.74) is 1.21. The summed E-state index contributed by atoms with van der Waals surface area (Å²) >= 11 is 5.99. The van der Waals surface area contributed by atoms with Gasteiger partial charge in [-0.3, -0.25) is 9.89 Å². The maximum absolute atomic E-state index is 13.8. The Morgan fingerprint density at radius 3 is 2.94 bits per heavy atom. The molecule has 0 radical (unpaired) electrons. The number of carbonyl (C=O) groups is 1. The topological polar surface area (TPSA) is 98.8 Å². The van der Waals surface area contributed by atoms with Crippen LogP contribution in [0.2, 0.25) is 5.02 Å². The third-order valence-corrected chi connectivity index (χ3v) is 6.08. The standard InChI is InChI=1S/C21H23ClFN7O/c22-13-6-14(23)8-16(7-13)27-18(12-3-4-12)21(31)30-5-1-2-15(10-30)28-19-17-9-26-29-20(17)25-11-24-19/h6-9,11-12,15,18,27H,1-5,10H2,(H2,24,25,26,28,29)/t15-,18+/m0/s1. The molecule has 2 fully saturated rings. The zero-order chi connectivity index (χ0) is 21.4. The first-order valence-electron chi connectivity index (χ1n) is 10.5. The summed E-state index contributed by atoms with van der Waals surface area (Å²) < 4.78 is 13.8. The molecule has 1 saturated heterocycles. The van der Waals surface area contributed by atoms with Crippen LogP contribution < -0.4 is 10.6 Å². The number of hydrogen-bond acceptors (Lipinski definition) is 6. The van der Waals surface area contributed by atoms with Gasteiger partial charge in [-0.25, -0.2) is 14.4 Å². The minimum atomic E-state index is -0.422. The first-order valence-corrected chi connectivity index (χ1v) is 10.9. The molecule has 1 aliphatic heterocycles. The molecule has 3 N–H and O–H groups in total. The molecule has 31 heavy (non-hydrogen) atoms. The van der Waals surface area contributed by atoms with E-state index in [-0.39, 0.29) is 23.9 Å². The molecule has 2 atom stereocenters. The van der Waals surface area contributed by atoms with E-state index in [9.17, 15) is 9.18 Å². The molecule has 2 aliphatic rings. The minimum absolute atomic E-state index is 0.0468. The predicted octanol–water partition coefficient (Wildman–Crippen LogP) is 3.44. The number of nitrogens with one attached hydrogen (secondary N) is 3. The SMILES string of the molecule is O=C([C@H](Nc1cc(F)cc(Cl)c1)C1CC1)N1CCC[C@H](Nc2ncnc3[nH]ncc23)C1. The molecule has 8 nitrogen and oxygen atoms in total. The van der Waals surface area contributed by atoms with Crippen LogP contribution in [-0.2, 0) is 4.79 Å². The highest BCUT2D eigenvalue weighted by Crippen LogP contribution is 2.36. The van der Waals surface area contributed by atoms with Gasteiger partial charge in [0.1, 0.15) is 24.0 Å². The van der Waals surface area contributed by atoms with Crippen molar-refractivity contribution in [1.29, 1.82) is 0 Å². The Hall–Kier alpha value is -2.94. The molecule has 0 unspecified atom stereocenters. The number of aromatic nitrogens is 4. The van der Waals surface area contributed by atoms with Crippen LogP contribution in [0, 0.1) is 11.7 Å². The number of likely N-dealkylation sites (tertiary alicyclic amines) is 1. The third-order valence-electron chi connectivity index (χ3n) is 5.87. The van der Waals surface area contributed by atoms with Gasteiger partial charge in [0.2, 0.25) is 5.91 Å². The number of nitrogens with zero attached hydrogens (tertiary/aromatic N) is 4. The molecule has 5 rings (SSSR count). The number of fused-ring (bicyclic) bond motifs is 1. The molecule has 0 spiro atoms. The maximum atomic E-state index is 13.8. The van der Waals surface area contributed by atoms with Crippen LogP contribution in [0.1, 0.15) is 25.7 Å². The molecule has 10 heteroatoms. The summed E-state index contributed by atoms with van der Waals surface area (Å²) in [6.07, 6.45) is 7.00. The smallest absolute Gasteiger partial charge is 0.245 e. The van der Waals surface area contributed by atoms with Gasteiger partial charge in [-0.2, -0.15) is 5.10 Å². The molecular weight excluding hydrogens is 421 g/mol. The molecule has 162 valence electrons. The van der Waals surface area contributed by atoms with Crippen molar-refractivity contribution >= 4 is 40.0 Å². The normalized spacial score (nSPS) is 19.9. The van der Waals surface area contributed by atoms with Gasteiger partial charge < -0.3 is 15.5 Å². The summed E-state index contributed by atoms with van der Waals surface area (Å²) in [7, 11) is 0. The molecule has 1 amide bonds. The van der Waals surface area contributed by atoms with Gasteiger partial charge in [0.05, 0.1) is 11.6 Å². The Morgan fingerprint density at radius 2 is 2.13 bits per heavy atom. The Labute approximate surface area is 183 Å². The fourth-order valence-electron chi connectivity index (χ4n) is 4.19. The molecule has 3 aromatic rings. The zero-order valence-electron chi connectivity index (χ0n) is 16.8. The van der Waals surface area contributed by atoms with Crippen molar-refractivity contribution in [1.82, 2.24) is 25.1 Å². The molecular formula is C21H23ClFN7O. The van der Waals surface area contributed by atoms with Crippen molar-refractivity contribution in [3.8, 4) is 0 Å². The minimum Gasteiger partial charge on any atom is -0.373 e. The van der Waals surface area contributed by atoms with Crippen molar-refractivity contribution in [2.45, 2.75) is 37.8 Å². The molecule has 1 saturated carbocycles. The highest BCUT2D eigenvalue weighted by Gasteiger charge is 2.39. The van der Waals surface area contributed by atoms with Gasteiger partial charge in [0, 0.05) is 29.8 Å². The number of anilines is 2. The van der Waals surface area contributed by atoms with Gasteiger partial charge in [0.25, 0.3) is 0 Å². The number of amides is 1. The van der Waals surface area contributed by atoms with E-state index >= 15 is 0 Å². The predicted molar refractivity (Wildman–Crippen MR) is 116 cm³/mol. The number of H-pyrrole nitrogens is 1. The lowest BCUT2D eigenvalue weighted by atomic mass is 10.0. The monoisotopic (exact) mass is 443 g/mol. The van der Waals surface area contributed by atoms with E-state index in [4.69, 9.17) is 11.6 Å². The van der Waals surface area contributed by atoms with Gasteiger partial charge in [-0.05, 0) is 49.8 Å². The second-order valence-corrected chi connectivity index (χ2v) is 8.68. The van der Waals surface area contributed by atoms with Crippen molar-refractivity contribution in [3.63, 3.8) is 0 Å². The number of piperidine rings is 1. The largest absolute Gasteiger partial charge is 0.373 e. The quantitative estimate of drug-likeness (QED) is 0.539. The van der Waals surface area contributed by atoms with Gasteiger partial charge in [-0.15, -0.1) is 0 Å². The highest BCUT2D eigenvalue weighted by atomic mass is 35.5. The van der Waals surface area contributed by atoms with Crippen molar-refractivity contribution in [3.05, 3.63) is 41.6 Å². The lowest BCUT2D eigenvalue weighted by molar-refractivity contribution is -0.133. The summed E-state index contributed by atoms with van der Waals surface area (Å²) in [6, 6.07) is 3.98. The number of halogens is 2. The number of aromatic amines is 1. The first-order chi connectivity index (χ1) is 15.1. The van der Waals surface area contributed by atoms with E-state index in [0.29, 0.717) is 35.3 Å². The highest BCUT2D eigenvalue weighted by molar-refractivity contribution is 6.30. The van der Waals surface area contributed by atoms with Gasteiger partial charge >= 0.3 is 0 Å². The van der Waals surface area contributed by atoms with E-state index in [1.807, 2.05) is 4.90 Å². The van der Waals surface area contributed by atoms with Crippen LogP contribution in [0.15, 0.2) is 30.7 Å². The Kier molecular flexibility index (Phi) is 5.35. The van der Waals surface area contributed by atoms with E-state index in [1.165, 1.54) is 18.5 Å². The Balaban J connectivity index is 1.29. The van der Waals surface area contributed by atoms with E-state index in [1.54, 1.807) is 12.3 Å². The Morgan fingerprint density at radius 1 is 1.26 bits per heavy atom. The van der Waals surface area contributed by atoms with Crippen LogP contribution >= 0.6 is 11.6 Å². The number of rotatable bonds is 6. The third kappa shape index (κ3) is 4.41. The molecule has 1 aromatic carbocycles. The van der Waals surface area contributed by atoms with E-state index < -0.39 is 5.82 Å². The Bertz CT molecular complexity index is 1080. The first kappa shape index (κ1) is 20.0. The summed E-state index contributed by atoms with van der Waals surface area (Å²) in [4.78, 5) is 23.8. The van der Waals surface area contributed by atoms with Crippen molar-refractivity contribution in [2.75, 3.05) is 23.7 Å². The van der Waals surface area contributed by atoms with Crippen LogP contribution in [0.4, 0.5) is 15.9 Å². The lowest BCUT2D eigenvalue weighted by Crippen LogP contribution is -2.51. The molecule has 3 heterocycles. The lowest BCUT2D eigenvalue weighted by Gasteiger charge is -2.36. The summed E-state index contributed by atoms with van der Waals surface area (Å²) in [6.45, 7) is 1.29. The molecule has 0 bridgehead atoms. The maximum Gasteiger partial charge on any atom is 0.245 e. The average molecular weight is 444 g/mol. The summed E-state index contributed by atoms with van der Waals surface area (Å²) in [5, 5.41) is 14.7. The van der Waals surface area contributed by atoms with Crippen LogP contribution in [0.5, 0.6) is 0 Å². The van der Waals surface area contributed by atoms with Crippen LogP contribution in [-0.4, -0.2) is 56.1 Å². The molecule has 2 aromatic heterocycles. The number of hydrogen-bond donors (Lipinski definition) is 3. The summed E-state index contributed by atoms with van der Waals surface area (Å²) in [5.74, 6) is 0.597. The second kappa shape index (κ2) is 8.30. The van der Waals surface area contributed by atoms with Crippen molar-refractivity contribution < 1.29 is 9.18 Å². The fraction of sp³-hybridized carbons (Fsp3) is 0.429. The average Bonchev–Trinajstić information content (AvgIpc) is 3.47. The number of carbonyl (C=O) groups excluding carboxylic acids is 1. The fourth-order valence-corrected chi connectivity index (χ4v) is 4.41. The molecule has 1 aliphatic carbocycles. The van der Waals surface area contributed by atoms with Gasteiger partial charge in [-0.1, -0.05) is 11.6 Å². The van der Waals surface area contributed by atoms with Gasteiger partial charge in [0.15, 0.2) is 5.65 Å². The second-order valence-electron chi connectivity index (χ2n) is 8.24. The zero-order valence-corrected chi connectivity index (χ0v) is 17.6. The number of benzene rings is 1.